The van der Waals surface area contributed by atoms with Gasteiger partial charge in [0.05, 0.1) is 12.1 Å². The molecule has 0 aliphatic carbocycles. The Morgan fingerprint density at radius 3 is 2.85 bits per heavy atom. The van der Waals surface area contributed by atoms with Gasteiger partial charge in [-0.15, -0.1) is 0 Å². The summed E-state index contributed by atoms with van der Waals surface area (Å²) in [7, 11) is 0. The predicted molar refractivity (Wildman–Crippen MR) is 92.8 cm³/mol. The summed E-state index contributed by atoms with van der Waals surface area (Å²) in [6.07, 6.45) is 1.49. The fraction of sp³-hybridized carbons (Fsp3) is 0.500. The third-order valence-electron chi connectivity index (χ3n) is 5.39. The van der Waals surface area contributed by atoms with Gasteiger partial charge in [0.25, 0.3) is 0 Å². The highest BCUT2D eigenvalue weighted by Gasteiger charge is 2.40. The third kappa shape index (κ3) is 3.00. The number of carbonyl (C=O) groups is 3. The maximum absolute atomic E-state index is 12.4. The number of piperidine rings is 1. The number of hydrogen-bond acceptors (Lipinski definition) is 6. The first-order valence-electron chi connectivity index (χ1n) is 8.98. The molecule has 138 valence electrons. The summed E-state index contributed by atoms with van der Waals surface area (Å²) in [5.74, 6) is -0.742. The van der Waals surface area contributed by atoms with Crippen LogP contribution in [0.4, 0.5) is 5.69 Å². The summed E-state index contributed by atoms with van der Waals surface area (Å²) in [6, 6.07) is 4.65. The second kappa shape index (κ2) is 6.79. The summed E-state index contributed by atoms with van der Waals surface area (Å²) < 4.78 is 0. The van der Waals surface area contributed by atoms with E-state index in [4.69, 9.17) is 0 Å². The highest BCUT2D eigenvalue weighted by atomic mass is 16.3. The number of aliphatic hydroxyl groups excluding tert-OH is 1. The van der Waals surface area contributed by atoms with Crippen molar-refractivity contribution in [2.45, 2.75) is 50.5 Å². The first-order chi connectivity index (χ1) is 12.5. The maximum atomic E-state index is 12.4. The van der Waals surface area contributed by atoms with Gasteiger partial charge in [0, 0.05) is 24.2 Å². The Labute approximate surface area is 150 Å². The minimum Gasteiger partial charge on any atom is -0.374 e. The summed E-state index contributed by atoms with van der Waals surface area (Å²) in [6.45, 7) is 1.18. The van der Waals surface area contributed by atoms with Gasteiger partial charge in [0.2, 0.25) is 17.7 Å². The van der Waals surface area contributed by atoms with E-state index >= 15 is 0 Å². The summed E-state index contributed by atoms with van der Waals surface area (Å²) >= 11 is 0. The highest BCUT2D eigenvalue weighted by Crippen LogP contribution is 2.38. The van der Waals surface area contributed by atoms with E-state index in [0.717, 1.165) is 24.9 Å². The molecule has 0 radical (unpaired) electrons. The molecule has 0 bridgehead atoms. The number of nitrogens with one attached hydrogen (secondary N) is 3. The van der Waals surface area contributed by atoms with Gasteiger partial charge in [-0.1, -0.05) is 12.1 Å². The lowest BCUT2D eigenvalue weighted by atomic mass is 10.0. The number of benzene rings is 1. The van der Waals surface area contributed by atoms with Crippen LogP contribution in [0.3, 0.4) is 0 Å². The van der Waals surface area contributed by atoms with Crippen LogP contribution >= 0.6 is 0 Å². The SMILES string of the molecule is O=C1CCC(N2Cc3c(NC(=O)[C@@H]4CCCN4)cccc3C2O)C(=O)N1. The summed E-state index contributed by atoms with van der Waals surface area (Å²) in [5.41, 5.74) is 2.16. The van der Waals surface area contributed by atoms with Crippen molar-refractivity contribution in [3.05, 3.63) is 29.3 Å². The van der Waals surface area contributed by atoms with Crippen molar-refractivity contribution >= 4 is 23.4 Å². The molecule has 3 atom stereocenters. The molecular weight excluding hydrogens is 336 g/mol. The molecule has 4 N–H and O–H groups in total. The van der Waals surface area contributed by atoms with Gasteiger partial charge in [0.15, 0.2) is 0 Å². The lowest BCUT2D eigenvalue weighted by molar-refractivity contribution is -0.141. The van der Waals surface area contributed by atoms with E-state index in [1.165, 1.54) is 0 Å². The van der Waals surface area contributed by atoms with Crippen molar-refractivity contribution in [3.8, 4) is 0 Å². The number of amides is 3. The number of nitrogens with zero attached hydrogens (tertiary/aromatic N) is 1. The van der Waals surface area contributed by atoms with Crippen LogP contribution in [0.15, 0.2) is 18.2 Å². The first-order valence-corrected chi connectivity index (χ1v) is 8.98. The van der Waals surface area contributed by atoms with Crippen molar-refractivity contribution in [1.82, 2.24) is 15.5 Å². The Hall–Kier alpha value is -2.29. The van der Waals surface area contributed by atoms with Crippen LogP contribution in [0.2, 0.25) is 0 Å². The van der Waals surface area contributed by atoms with Gasteiger partial charge in [-0.05, 0) is 37.4 Å². The zero-order valence-corrected chi connectivity index (χ0v) is 14.3. The van der Waals surface area contributed by atoms with E-state index in [0.29, 0.717) is 24.2 Å². The number of aliphatic hydroxyl groups is 1. The molecule has 8 heteroatoms. The number of carbonyl (C=O) groups excluding carboxylic acids is 3. The lowest BCUT2D eigenvalue weighted by Gasteiger charge is -2.31. The number of fused-ring (bicyclic) bond motifs is 1. The standard InChI is InChI=1S/C18H22N4O4/c23-15-7-6-14(17(25)21-15)22-9-11-10(18(22)26)3-1-4-12(11)20-16(24)13-5-2-8-19-13/h1,3-4,13-14,18-19,26H,2,5-9H2,(H,20,24)(H,21,23,25)/t13-,14?,18?/m0/s1. The molecule has 2 fully saturated rings. The highest BCUT2D eigenvalue weighted by molar-refractivity contribution is 6.00. The molecule has 1 aromatic carbocycles. The van der Waals surface area contributed by atoms with Gasteiger partial charge >= 0.3 is 0 Å². The maximum Gasteiger partial charge on any atom is 0.244 e. The lowest BCUT2D eigenvalue weighted by Crippen LogP contribution is -2.51. The molecule has 0 spiro atoms. The molecule has 1 aromatic rings. The third-order valence-corrected chi connectivity index (χ3v) is 5.39. The number of hydrogen-bond donors (Lipinski definition) is 4. The van der Waals surface area contributed by atoms with E-state index in [-0.39, 0.29) is 30.2 Å². The molecule has 2 unspecified atom stereocenters. The number of rotatable bonds is 3. The summed E-state index contributed by atoms with van der Waals surface area (Å²) in [4.78, 5) is 37.6. The quantitative estimate of drug-likeness (QED) is 0.566. The predicted octanol–water partition coefficient (Wildman–Crippen LogP) is -0.0112. The van der Waals surface area contributed by atoms with Crippen molar-refractivity contribution in [2.24, 2.45) is 0 Å². The smallest absolute Gasteiger partial charge is 0.244 e. The molecule has 2 saturated heterocycles. The molecule has 3 amide bonds. The van der Waals surface area contributed by atoms with Crippen molar-refractivity contribution in [2.75, 3.05) is 11.9 Å². The minimum atomic E-state index is -0.935. The van der Waals surface area contributed by atoms with Crippen molar-refractivity contribution < 1.29 is 19.5 Å². The zero-order chi connectivity index (χ0) is 18.3. The molecule has 8 nitrogen and oxygen atoms in total. The van der Waals surface area contributed by atoms with Crippen molar-refractivity contribution in [1.29, 1.82) is 0 Å². The van der Waals surface area contributed by atoms with Crippen LogP contribution < -0.4 is 16.0 Å². The fourth-order valence-corrected chi connectivity index (χ4v) is 4.00. The van der Waals surface area contributed by atoms with Gasteiger partial charge in [0.1, 0.15) is 6.23 Å². The van der Waals surface area contributed by atoms with Gasteiger partial charge in [-0.25, -0.2) is 0 Å². The van der Waals surface area contributed by atoms with Crippen molar-refractivity contribution in [3.63, 3.8) is 0 Å². The topological polar surface area (TPSA) is 111 Å². The molecule has 3 heterocycles. The first kappa shape index (κ1) is 17.1. The minimum absolute atomic E-state index is 0.0788. The van der Waals surface area contributed by atoms with Crippen LogP contribution in [0.1, 0.15) is 43.0 Å². The number of anilines is 1. The van der Waals surface area contributed by atoms with Gasteiger partial charge < -0.3 is 15.7 Å². The molecular formula is C18H22N4O4. The molecule has 0 saturated carbocycles. The van der Waals surface area contributed by atoms with E-state index in [2.05, 4.69) is 16.0 Å². The average molecular weight is 358 g/mol. The zero-order valence-electron chi connectivity index (χ0n) is 14.3. The average Bonchev–Trinajstić information content (AvgIpc) is 3.25. The Kier molecular flexibility index (Phi) is 4.47. The molecule has 3 aliphatic rings. The molecule has 26 heavy (non-hydrogen) atoms. The fourth-order valence-electron chi connectivity index (χ4n) is 4.00. The second-order valence-electron chi connectivity index (χ2n) is 7.02. The Morgan fingerprint density at radius 2 is 2.12 bits per heavy atom. The monoisotopic (exact) mass is 358 g/mol. The normalized spacial score (nSPS) is 28.7. The van der Waals surface area contributed by atoms with E-state index in [1.54, 1.807) is 17.0 Å². The largest absolute Gasteiger partial charge is 0.374 e. The molecule has 4 rings (SSSR count). The second-order valence-corrected chi connectivity index (χ2v) is 7.02. The molecule has 3 aliphatic heterocycles. The Balaban J connectivity index is 1.54. The summed E-state index contributed by atoms with van der Waals surface area (Å²) in [5, 5.41) is 19.1. The van der Waals surface area contributed by atoms with E-state index < -0.39 is 12.3 Å². The number of imide groups is 1. The molecule has 0 aromatic heterocycles. The van der Waals surface area contributed by atoms with Crippen LogP contribution in [0.5, 0.6) is 0 Å². The van der Waals surface area contributed by atoms with E-state index in [9.17, 15) is 19.5 Å². The van der Waals surface area contributed by atoms with Crippen LogP contribution in [-0.4, -0.2) is 46.4 Å². The van der Waals surface area contributed by atoms with Gasteiger partial charge in [-0.2, -0.15) is 0 Å². The Morgan fingerprint density at radius 1 is 1.27 bits per heavy atom. The van der Waals surface area contributed by atoms with Crippen LogP contribution in [0, 0.1) is 0 Å². The Bertz CT molecular complexity index is 760. The van der Waals surface area contributed by atoms with Gasteiger partial charge in [-0.3, -0.25) is 24.6 Å². The van der Waals surface area contributed by atoms with E-state index in [1.807, 2.05) is 6.07 Å². The van der Waals surface area contributed by atoms with Crippen LogP contribution in [0.25, 0.3) is 0 Å². The van der Waals surface area contributed by atoms with Crippen LogP contribution in [-0.2, 0) is 20.9 Å².